The van der Waals surface area contributed by atoms with Gasteiger partial charge in [-0.25, -0.2) is 0 Å². The molecule has 28 heavy (non-hydrogen) atoms. The maximum absolute atomic E-state index is 12.3. The molecule has 0 bridgehead atoms. The van der Waals surface area contributed by atoms with Gasteiger partial charge in [-0.15, -0.1) is 0 Å². The molecule has 1 fully saturated rings. The molecule has 1 aliphatic rings. The van der Waals surface area contributed by atoms with E-state index in [1.54, 1.807) is 11.0 Å². The fourth-order valence-electron chi connectivity index (χ4n) is 3.17. The quantitative estimate of drug-likeness (QED) is 0.714. The molecule has 1 saturated heterocycles. The molecule has 1 aliphatic heterocycles. The number of halogens is 1. The van der Waals surface area contributed by atoms with E-state index in [9.17, 15) is 14.4 Å². The Morgan fingerprint density at radius 1 is 1.18 bits per heavy atom. The van der Waals surface area contributed by atoms with Gasteiger partial charge in [0.05, 0.1) is 5.92 Å². The van der Waals surface area contributed by atoms with Crippen LogP contribution in [0.2, 0.25) is 0 Å². The van der Waals surface area contributed by atoms with Gasteiger partial charge in [-0.3, -0.25) is 14.4 Å². The van der Waals surface area contributed by atoms with Crippen LogP contribution < -0.4 is 10.2 Å². The van der Waals surface area contributed by atoms with E-state index in [2.05, 4.69) is 21.2 Å². The van der Waals surface area contributed by atoms with Crippen LogP contribution in [-0.2, 0) is 19.1 Å². The summed E-state index contributed by atoms with van der Waals surface area (Å²) < 4.78 is 6.06. The van der Waals surface area contributed by atoms with Crippen molar-refractivity contribution in [3.8, 4) is 0 Å². The van der Waals surface area contributed by atoms with Crippen LogP contribution in [0.5, 0.6) is 0 Å². The van der Waals surface area contributed by atoms with Crippen LogP contribution in [0.15, 0.2) is 46.9 Å². The number of nitrogens with one attached hydrogen (secondary N) is 1. The van der Waals surface area contributed by atoms with Crippen molar-refractivity contribution in [3.05, 3.63) is 58.1 Å². The van der Waals surface area contributed by atoms with Gasteiger partial charge in [0.1, 0.15) is 0 Å². The third kappa shape index (κ3) is 4.59. The number of carbonyl (C=O) groups is 3. The number of amides is 2. The lowest BCUT2D eigenvalue weighted by atomic mass is 10.1. The monoisotopic (exact) mass is 444 g/mol. The van der Waals surface area contributed by atoms with Gasteiger partial charge < -0.3 is 15.0 Å². The minimum Gasteiger partial charge on any atom is -0.455 e. The van der Waals surface area contributed by atoms with Gasteiger partial charge >= 0.3 is 5.97 Å². The van der Waals surface area contributed by atoms with Gasteiger partial charge in [0, 0.05) is 28.8 Å². The molecule has 1 heterocycles. The molecule has 0 aliphatic carbocycles. The van der Waals surface area contributed by atoms with Crippen LogP contribution in [0.4, 0.5) is 11.4 Å². The number of aryl methyl sites for hydroxylation is 2. The predicted octanol–water partition coefficient (Wildman–Crippen LogP) is 3.60. The Bertz CT molecular complexity index is 928. The van der Waals surface area contributed by atoms with Crippen molar-refractivity contribution in [2.24, 2.45) is 5.92 Å². The first-order chi connectivity index (χ1) is 13.3. The van der Waals surface area contributed by atoms with Crippen molar-refractivity contribution in [1.82, 2.24) is 0 Å². The van der Waals surface area contributed by atoms with Gasteiger partial charge in [0.15, 0.2) is 6.61 Å². The molecule has 0 unspecified atom stereocenters. The average Bonchev–Trinajstić information content (AvgIpc) is 3.04. The summed E-state index contributed by atoms with van der Waals surface area (Å²) in [7, 11) is 0. The van der Waals surface area contributed by atoms with Crippen LogP contribution >= 0.6 is 15.9 Å². The normalized spacial score (nSPS) is 16.2. The highest BCUT2D eigenvalue weighted by atomic mass is 79.9. The number of anilines is 2. The highest BCUT2D eigenvalue weighted by Gasteiger charge is 2.36. The van der Waals surface area contributed by atoms with Gasteiger partial charge in [-0.2, -0.15) is 0 Å². The first-order valence-electron chi connectivity index (χ1n) is 8.94. The largest absolute Gasteiger partial charge is 0.455 e. The molecule has 0 aromatic heterocycles. The van der Waals surface area contributed by atoms with E-state index < -0.39 is 17.8 Å². The lowest BCUT2D eigenvalue weighted by Gasteiger charge is -2.18. The van der Waals surface area contributed by atoms with Crippen molar-refractivity contribution in [1.29, 1.82) is 0 Å². The highest BCUT2D eigenvalue weighted by molar-refractivity contribution is 9.10. The number of nitrogens with zero attached hydrogens (tertiary/aromatic N) is 1. The Labute approximate surface area is 172 Å². The summed E-state index contributed by atoms with van der Waals surface area (Å²) in [6.07, 6.45) is 0.0839. The molecule has 2 amide bonds. The lowest BCUT2D eigenvalue weighted by Crippen LogP contribution is -2.28. The molecule has 0 radical (unpaired) electrons. The Hall–Kier alpha value is -2.67. The van der Waals surface area contributed by atoms with Crippen molar-refractivity contribution in [2.45, 2.75) is 20.3 Å². The Morgan fingerprint density at radius 2 is 1.93 bits per heavy atom. The van der Waals surface area contributed by atoms with Crippen LogP contribution in [0, 0.1) is 19.8 Å². The van der Waals surface area contributed by atoms with Crippen molar-refractivity contribution < 1.29 is 19.1 Å². The number of esters is 1. The molecule has 1 N–H and O–H groups in total. The van der Waals surface area contributed by atoms with Crippen LogP contribution in [0.3, 0.4) is 0 Å². The molecule has 1 atom stereocenters. The van der Waals surface area contributed by atoms with Crippen LogP contribution in [-0.4, -0.2) is 30.9 Å². The Balaban J connectivity index is 1.54. The minimum atomic E-state index is -0.575. The van der Waals surface area contributed by atoms with Gasteiger partial charge in [0.2, 0.25) is 5.91 Å². The standard InChI is InChI=1S/C21H21BrN2O4/c1-13-5-3-4-6-18(13)24-11-15(10-20(24)26)21(27)28-12-19(25)23-17-8-7-16(22)9-14(17)2/h3-9,15H,10-12H2,1-2H3,(H,23,25)/t15-/m0/s1. The Morgan fingerprint density at radius 3 is 2.64 bits per heavy atom. The summed E-state index contributed by atoms with van der Waals surface area (Å²) in [5, 5.41) is 2.72. The van der Waals surface area contributed by atoms with E-state index in [0.717, 1.165) is 21.3 Å². The third-order valence-corrected chi connectivity index (χ3v) is 5.17. The molecule has 0 saturated carbocycles. The summed E-state index contributed by atoms with van der Waals surface area (Å²) >= 11 is 3.37. The van der Waals surface area contributed by atoms with E-state index in [4.69, 9.17) is 4.74 Å². The fourth-order valence-corrected chi connectivity index (χ4v) is 3.65. The topological polar surface area (TPSA) is 75.7 Å². The molecule has 146 valence electrons. The predicted molar refractivity (Wildman–Crippen MR) is 110 cm³/mol. The zero-order chi connectivity index (χ0) is 20.3. The summed E-state index contributed by atoms with van der Waals surface area (Å²) in [5.41, 5.74) is 3.32. The average molecular weight is 445 g/mol. The molecule has 7 heteroatoms. The fraction of sp³-hybridized carbons (Fsp3) is 0.286. The minimum absolute atomic E-state index is 0.0839. The number of carbonyl (C=O) groups excluding carboxylic acids is 3. The van der Waals surface area contributed by atoms with Crippen molar-refractivity contribution in [3.63, 3.8) is 0 Å². The molecule has 0 spiro atoms. The van der Waals surface area contributed by atoms with E-state index in [0.29, 0.717) is 5.69 Å². The molecular weight excluding hydrogens is 424 g/mol. The number of ether oxygens (including phenoxy) is 1. The van der Waals surface area contributed by atoms with E-state index in [1.165, 1.54) is 0 Å². The first kappa shape index (κ1) is 20.1. The van der Waals surface area contributed by atoms with Gasteiger partial charge in [-0.05, 0) is 49.2 Å². The van der Waals surface area contributed by atoms with E-state index in [1.807, 2.05) is 50.2 Å². The second-order valence-electron chi connectivity index (χ2n) is 6.81. The Kier molecular flexibility index (Phi) is 6.14. The molecule has 2 aromatic carbocycles. The molecule has 6 nitrogen and oxygen atoms in total. The second-order valence-corrected chi connectivity index (χ2v) is 7.72. The van der Waals surface area contributed by atoms with Crippen molar-refractivity contribution in [2.75, 3.05) is 23.4 Å². The number of hydrogen-bond acceptors (Lipinski definition) is 4. The molecule has 2 aromatic rings. The molecular formula is C21H21BrN2O4. The summed E-state index contributed by atoms with van der Waals surface area (Å²) in [4.78, 5) is 38.3. The highest BCUT2D eigenvalue weighted by Crippen LogP contribution is 2.28. The third-order valence-electron chi connectivity index (χ3n) is 4.67. The summed E-state index contributed by atoms with van der Waals surface area (Å²) in [6.45, 7) is 3.67. The zero-order valence-electron chi connectivity index (χ0n) is 15.7. The molecule has 3 rings (SSSR count). The SMILES string of the molecule is Cc1cc(Br)ccc1NC(=O)COC(=O)[C@H]1CC(=O)N(c2ccccc2C)C1. The number of rotatable bonds is 5. The number of hydrogen-bond donors (Lipinski definition) is 1. The van der Waals surface area contributed by atoms with Gasteiger partial charge in [0.25, 0.3) is 5.91 Å². The first-order valence-corrected chi connectivity index (χ1v) is 9.73. The van der Waals surface area contributed by atoms with E-state index >= 15 is 0 Å². The number of para-hydroxylation sites is 1. The summed E-state index contributed by atoms with van der Waals surface area (Å²) in [5.74, 6) is -1.65. The van der Waals surface area contributed by atoms with Crippen LogP contribution in [0.1, 0.15) is 17.5 Å². The van der Waals surface area contributed by atoms with Crippen LogP contribution in [0.25, 0.3) is 0 Å². The smallest absolute Gasteiger partial charge is 0.311 e. The maximum atomic E-state index is 12.3. The summed E-state index contributed by atoms with van der Waals surface area (Å²) in [6, 6.07) is 13.0. The zero-order valence-corrected chi connectivity index (χ0v) is 17.3. The maximum Gasteiger partial charge on any atom is 0.311 e. The lowest BCUT2D eigenvalue weighted by molar-refractivity contribution is -0.151. The number of benzene rings is 2. The van der Waals surface area contributed by atoms with E-state index in [-0.39, 0.29) is 25.5 Å². The second kappa shape index (κ2) is 8.56. The van der Waals surface area contributed by atoms with Crippen molar-refractivity contribution >= 4 is 45.1 Å². The van der Waals surface area contributed by atoms with Gasteiger partial charge in [-0.1, -0.05) is 34.1 Å².